The summed E-state index contributed by atoms with van der Waals surface area (Å²) in [6, 6.07) is 2.67. The van der Waals surface area contributed by atoms with E-state index in [9.17, 15) is 14.7 Å². The van der Waals surface area contributed by atoms with Gasteiger partial charge < -0.3 is 14.9 Å². The molecule has 1 aromatic carbocycles. The molecular formula is C13H16O5. The van der Waals surface area contributed by atoms with Gasteiger partial charge in [0.15, 0.2) is 5.78 Å². The standard InChI is InChI=1S/C13H16O5/c1-4-9(14)12(15)11-7(2)5-8(13(16)17)6-10(11)18-3/h5-6,9,14H,4H2,1-3H3,(H,16,17)/t9-/m0/s1. The van der Waals surface area contributed by atoms with Crippen molar-refractivity contribution in [2.45, 2.75) is 26.4 Å². The largest absolute Gasteiger partial charge is 0.496 e. The third-order valence-corrected chi connectivity index (χ3v) is 2.70. The molecule has 1 aromatic rings. The van der Waals surface area contributed by atoms with Crippen LogP contribution in [0.1, 0.15) is 39.6 Å². The number of carboxylic acids is 1. The molecule has 0 saturated heterocycles. The lowest BCUT2D eigenvalue weighted by Gasteiger charge is -2.14. The van der Waals surface area contributed by atoms with Gasteiger partial charge in [-0.25, -0.2) is 4.79 Å². The number of aromatic carboxylic acids is 1. The van der Waals surface area contributed by atoms with Gasteiger partial charge in [0.2, 0.25) is 0 Å². The van der Waals surface area contributed by atoms with E-state index in [4.69, 9.17) is 9.84 Å². The van der Waals surface area contributed by atoms with Crippen LogP contribution >= 0.6 is 0 Å². The van der Waals surface area contributed by atoms with E-state index in [0.717, 1.165) is 0 Å². The van der Waals surface area contributed by atoms with Crippen LogP contribution in [-0.4, -0.2) is 35.2 Å². The molecule has 98 valence electrons. The van der Waals surface area contributed by atoms with Crippen LogP contribution < -0.4 is 4.74 Å². The second-order valence-corrected chi connectivity index (χ2v) is 3.96. The number of rotatable bonds is 5. The van der Waals surface area contributed by atoms with Gasteiger partial charge in [-0.3, -0.25) is 4.79 Å². The van der Waals surface area contributed by atoms with E-state index in [0.29, 0.717) is 12.0 Å². The fraction of sp³-hybridized carbons (Fsp3) is 0.385. The summed E-state index contributed by atoms with van der Waals surface area (Å²) in [6.45, 7) is 3.31. The summed E-state index contributed by atoms with van der Waals surface area (Å²) in [5.74, 6) is -1.37. The number of aliphatic hydroxyl groups is 1. The van der Waals surface area contributed by atoms with Crippen LogP contribution in [0.4, 0.5) is 0 Å². The second-order valence-electron chi connectivity index (χ2n) is 3.96. The van der Waals surface area contributed by atoms with Gasteiger partial charge in [0.25, 0.3) is 0 Å². The number of benzene rings is 1. The highest BCUT2D eigenvalue weighted by Gasteiger charge is 2.23. The molecular weight excluding hydrogens is 236 g/mol. The SMILES string of the molecule is CC[C@H](O)C(=O)c1c(C)cc(C(=O)O)cc1OC. The Kier molecular flexibility index (Phi) is 4.44. The normalized spacial score (nSPS) is 12.0. The molecule has 0 aliphatic rings. The lowest BCUT2D eigenvalue weighted by molar-refractivity contribution is 0.0693. The van der Waals surface area contributed by atoms with Crippen LogP contribution in [0.3, 0.4) is 0 Å². The Balaban J connectivity index is 3.36. The van der Waals surface area contributed by atoms with Gasteiger partial charge in [0.05, 0.1) is 18.2 Å². The van der Waals surface area contributed by atoms with Crippen molar-refractivity contribution in [1.82, 2.24) is 0 Å². The molecule has 0 aromatic heterocycles. The molecule has 0 fully saturated rings. The van der Waals surface area contributed by atoms with Gasteiger partial charge in [-0.1, -0.05) is 6.92 Å². The van der Waals surface area contributed by atoms with Crippen molar-refractivity contribution in [2.75, 3.05) is 7.11 Å². The predicted molar refractivity (Wildman–Crippen MR) is 65.3 cm³/mol. The number of carboxylic acid groups (broad SMARTS) is 1. The maximum atomic E-state index is 12.0. The summed E-state index contributed by atoms with van der Waals surface area (Å²) >= 11 is 0. The first-order valence-electron chi connectivity index (χ1n) is 5.56. The Morgan fingerprint density at radius 1 is 1.39 bits per heavy atom. The quantitative estimate of drug-likeness (QED) is 0.778. The highest BCUT2D eigenvalue weighted by atomic mass is 16.5. The Hall–Kier alpha value is -1.88. The van der Waals surface area contributed by atoms with E-state index in [-0.39, 0.29) is 16.9 Å². The Bertz CT molecular complexity index is 479. The fourth-order valence-corrected chi connectivity index (χ4v) is 1.71. The van der Waals surface area contributed by atoms with Gasteiger partial charge in [0.1, 0.15) is 11.9 Å². The predicted octanol–water partition coefficient (Wildman–Crippen LogP) is 1.66. The maximum Gasteiger partial charge on any atom is 0.335 e. The molecule has 18 heavy (non-hydrogen) atoms. The molecule has 5 nitrogen and oxygen atoms in total. The number of aliphatic hydroxyl groups excluding tert-OH is 1. The van der Waals surface area contributed by atoms with Crippen molar-refractivity contribution in [3.05, 3.63) is 28.8 Å². The van der Waals surface area contributed by atoms with E-state index in [2.05, 4.69) is 0 Å². The number of ketones is 1. The molecule has 0 unspecified atom stereocenters. The lowest BCUT2D eigenvalue weighted by atomic mass is 9.96. The Morgan fingerprint density at radius 2 is 2.00 bits per heavy atom. The number of carbonyl (C=O) groups is 2. The second kappa shape index (κ2) is 5.64. The van der Waals surface area contributed by atoms with Crippen molar-refractivity contribution in [3.8, 4) is 5.75 Å². The van der Waals surface area contributed by atoms with Crippen LogP contribution in [0.5, 0.6) is 5.75 Å². The van der Waals surface area contributed by atoms with Crippen LogP contribution in [0, 0.1) is 6.92 Å². The number of hydrogen-bond donors (Lipinski definition) is 2. The zero-order valence-corrected chi connectivity index (χ0v) is 10.6. The van der Waals surface area contributed by atoms with E-state index < -0.39 is 17.9 Å². The summed E-state index contributed by atoms with van der Waals surface area (Å²) in [5.41, 5.74) is 0.757. The number of carbonyl (C=O) groups excluding carboxylic acids is 1. The number of ether oxygens (including phenoxy) is 1. The average molecular weight is 252 g/mol. The van der Waals surface area contributed by atoms with Gasteiger partial charge >= 0.3 is 5.97 Å². The van der Waals surface area contributed by atoms with E-state index in [1.807, 2.05) is 0 Å². The minimum absolute atomic E-state index is 0.0480. The van der Waals surface area contributed by atoms with E-state index in [1.54, 1.807) is 13.8 Å². The number of aryl methyl sites for hydroxylation is 1. The minimum atomic E-state index is -1.10. The highest BCUT2D eigenvalue weighted by molar-refractivity contribution is 6.04. The molecule has 0 amide bonds. The highest BCUT2D eigenvalue weighted by Crippen LogP contribution is 2.26. The van der Waals surface area contributed by atoms with Crippen molar-refractivity contribution in [2.24, 2.45) is 0 Å². The Morgan fingerprint density at radius 3 is 2.44 bits per heavy atom. The van der Waals surface area contributed by atoms with E-state index >= 15 is 0 Å². The van der Waals surface area contributed by atoms with Crippen LogP contribution in [-0.2, 0) is 0 Å². The molecule has 0 aliphatic carbocycles. The summed E-state index contributed by atoms with van der Waals surface area (Å²) < 4.78 is 5.04. The van der Waals surface area contributed by atoms with Crippen molar-refractivity contribution in [3.63, 3.8) is 0 Å². The summed E-state index contributed by atoms with van der Waals surface area (Å²) in [7, 11) is 1.36. The molecule has 1 rings (SSSR count). The smallest absolute Gasteiger partial charge is 0.335 e. The average Bonchev–Trinajstić information content (AvgIpc) is 2.35. The third kappa shape index (κ3) is 2.68. The van der Waals surface area contributed by atoms with Gasteiger partial charge in [-0.15, -0.1) is 0 Å². The molecule has 0 heterocycles. The summed E-state index contributed by atoms with van der Waals surface area (Å²) in [6.07, 6.45) is -0.810. The van der Waals surface area contributed by atoms with Crippen LogP contribution in [0.2, 0.25) is 0 Å². The van der Waals surface area contributed by atoms with Crippen LogP contribution in [0.15, 0.2) is 12.1 Å². The monoisotopic (exact) mass is 252 g/mol. The molecule has 2 N–H and O–H groups in total. The lowest BCUT2D eigenvalue weighted by Crippen LogP contribution is -2.21. The zero-order valence-electron chi connectivity index (χ0n) is 10.6. The van der Waals surface area contributed by atoms with Gasteiger partial charge in [0, 0.05) is 0 Å². The van der Waals surface area contributed by atoms with Gasteiger partial charge in [-0.05, 0) is 31.0 Å². The Labute approximate surface area is 105 Å². The molecule has 0 aliphatic heterocycles. The van der Waals surface area contributed by atoms with Gasteiger partial charge in [-0.2, -0.15) is 0 Å². The van der Waals surface area contributed by atoms with Crippen molar-refractivity contribution < 1.29 is 24.5 Å². The number of methoxy groups -OCH3 is 1. The minimum Gasteiger partial charge on any atom is -0.496 e. The first-order valence-corrected chi connectivity index (χ1v) is 5.56. The molecule has 0 saturated carbocycles. The maximum absolute atomic E-state index is 12.0. The first-order chi connectivity index (χ1) is 8.42. The van der Waals surface area contributed by atoms with Crippen molar-refractivity contribution in [1.29, 1.82) is 0 Å². The van der Waals surface area contributed by atoms with Crippen LogP contribution in [0.25, 0.3) is 0 Å². The number of Topliss-reactive ketones (excluding diaryl/α,β-unsaturated/α-hetero) is 1. The van der Waals surface area contributed by atoms with Crippen molar-refractivity contribution >= 4 is 11.8 Å². The third-order valence-electron chi connectivity index (χ3n) is 2.70. The summed E-state index contributed by atoms with van der Waals surface area (Å²) in [5, 5.41) is 18.5. The molecule has 0 spiro atoms. The summed E-state index contributed by atoms with van der Waals surface area (Å²) in [4.78, 5) is 22.9. The number of hydrogen-bond acceptors (Lipinski definition) is 4. The fourth-order valence-electron chi connectivity index (χ4n) is 1.71. The molecule has 0 bridgehead atoms. The first kappa shape index (κ1) is 14.2. The van der Waals surface area contributed by atoms with E-state index in [1.165, 1.54) is 19.2 Å². The zero-order chi connectivity index (χ0) is 13.9. The topological polar surface area (TPSA) is 83.8 Å². The molecule has 5 heteroatoms. The molecule has 1 atom stereocenters. The molecule has 0 radical (unpaired) electrons.